The predicted octanol–water partition coefficient (Wildman–Crippen LogP) is 2.18. The van der Waals surface area contributed by atoms with Gasteiger partial charge in [-0.25, -0.2) is 4.98 Å². The molecule has 4 rings (SSSR count). The largest absolute Gasteiger partial charge is 0.477 e. The van der Waals surface area contributed by atoms with E-state index in [1.807, 2.05) is 30.3 Å². The summed E-state index contributed by atoms with van der Waals surface area (Å²) in [6.07, 6.45) is 4.14. The van der Waals surface area contributed by atoms with Crippen molar-refractivity contribution < 1.29 is 14.3 Å². The third kappa shape index (κ3) is 4.71. The van der Waals surface area contributed by atoms with Crippen LogP contribution in [0.4, 0.5) is 0 Å². The lowest BCUT2D eigenvalue weighted by Crippen LogP contribution is -2.44. The molecule has 1 aliphatic rings. The zero-order valence-corrected chi connectivity index (χ0v) is 16.1. The van der Waals surface area contributed by atoms with Gasteiger partial charge in [-0.15, -0.1) is 0 Å². The number of benzene rings is 1. The van der Waals surface area contributed by atoms with Crippen LogP contribution < -0.4 is 15.4 Å². The number of rotatable bonds is 8. The SMILES string of the molecule is CC(NC(=O)c1n[nH]c2ccccc12)C(=O)NCc1ccc(OCC2CC2)nc1. The van der Waals surface area contributed by atoms with Crippen molar-refractivity contribution in [3.63, 3.8) is 0 Å². The molecule has 1 saturated carbocycles. The second-order valence-corrected chi connectivity index (χ2v) is 7.29. The molecule has 1 unspecified atom stereocenters. The summed E-state index contributed by atoms with van der Waals surface area (Å²) in [6, 6.07) is 10.3. The Morgan fingerprint density at radius 3 is 2.83 bits per heavy atom. The van der Waals surface area contributed by atoms with Gasteiger partial charge in [-0.2, -0.15) is 5.10 Å². The highest BCUT2D eigenvalue weighted by molar-refractivity contribution is 6.05. The monoisotopic (exact) mass is 393 g/mol. The number of ether oxygens (including phenoxy) is 1. The molecule has 3 N–H and O–H groups in total. The third-order valence-corrected chi connectivity index (χ3v) is 4.85. The molecule has 8 nitrogen and oxygen atoms in total. The van der Waals surface area contributed by atoms with Gasteiger partial charge in [0, 0.05) is 24.2 Å². The lowest BCUT2D eigenvalue weighted by Gasteiger charge is -2.13. The molecule has 29 heavy (non-hydrogen) atoms. The predicted molar refractivity (Wildman–Crippen MR) is 107 cm³/mol. The summed E-state index contributed by atoms with van der Waals surface area (Å²) in [4.78, 5) is 29.1. The summed E-state index contributed by atoms with van der Waals surface area (Å²) in [7, 11) is 0. The molecular weight excluding hydrogens is 370 g/mol. The van der Waals surface area contributed by atoms with E-state index in [1.54, 1.807) is 19.2 Å². The van der Waals surface area contributed by atoms with Crippen molar-refractivity contribution in [3.05, 3.63) is 53.9 Å². The second kappa shape index (κ2) is 8.30. The minimum Gasteiger partial charge on any atom is -0.477 e. The highest BCUT2D eigenvalue weighted by Crippen LogP contribution is 2.29. The smallest absolute Gasteiger partial charge is 0.273 e. The molecule has 1 fully saturated rings. The molecule has 2 amide bonds. The van der Waals surface area contributed by atoms with E-state index < -0.39 is 11.9 Å². The van der Waals surface area contributed by atoms with Crippen LogP contribution in [0.5, 0.6) is 5.88 Å². The van der Waals surface area contributed by atoms with E-state index in [2.05, 4.69) is 25.8 Å². The van der Waals surface area contributed by atoms with E-state index in [9.17, 15) is 9.59 Å². The third-order valence-electron chi connectivity index (χ3n) is 4.85. The topological polar surface area (TPSA) is 109 Å². The number of carbonyl (C=O) groups excluding carboxylic acids is 2. The lowest BCUT2D eigenvalue weighted by molar-refractivity contribution is -0.122. The Kier molecular flexibility index (Phi) is 5.41. The first-order valence-corrected chi connectivity index (χ1v) is 9.69. The van der Waals surface area contributed by atoms with Gasteiger partial charge in [0.15, 0.2) is 5.69 Å². The number of aromatic nitrogens is 3. The second-order valence-electron chi connectivity index (χ2n) is 7.29. The summed E-state index contributed by atoms with van der Waals surface area (Å²) in [5.41, 5.74) is 1.90. The average molecular weight is 393 g/mol. The maximum atomic E-state index is 12.5. The average Bonchev–Trinajstić information content (AvgIpc) is 3.47. The number of H-pyrrole nitrogens is 1. The Morgan fingerprint density at radius 2 is 2.07 bits per heavy atom. The first-order valence-electron chi connectivity index (χ1n) is 9.69. The zero-order chi connectivity index (χ0) is 20.2. The number of fused-ring (bicyclic) bond motifs is 1. The molecule has 1 atom stereocenters. The van der Waals surface area contributed by atoms with Gasteiger partial charge in [-0.05, 0) is 37.3 Å². The Bertz CT molecular complexity index is 1010. The summed E-state index contributed by atoms with van der Waals surface area (Å²) >= 11 is 0. The Balaban J connectivity index is 1.27. The molecular formula is C21H23N5O3. The Labute approximate surface area is 168 Å². The van der Waals surface area contributed by atoms with Gasteiger partial charge in [0.25, 0.3) is 5.91 Å². The minimum atomic E-state index is -0.702. The standard InChI is InChI=1S/C21H23N5O3/c1-13(24-21(28)19-16-4-2-3-5-17(16)25-26-19)20(27)23-11-15-8-9-18(22-10-15)29-12-14-6-7-14/h2-5,8-10,13-14H,6-7,11-12H2,1H3,(H,23,27)(H,24,28)(H,25,26). The van der Waals surface area contributed by atoms with E-state index in [0.29, 0.717) is 30.3 Å². The van der Waals surface area contributed by atoms with Gasteiger partial charge in [0.2, 0.25) is 11.8 Å². The normalized spacial score (nSPS) is 14.4. The van der Waals surface area contributed by atoms with Crippen LogP contribution >= 0.6 is 0 Å². The van der Waals surface area contributed by atoms with Crippen LogP contribution in [0.25, 0.3) is 10.9 Å². The molecule has 0 aliphatic heterocycles. The summed E-state index contributed by atoms with van der Waals surface area (Å²) in [6.45, 7) is 2.67. The minimum absolute atomic E-state index is 0.270. The summed E-state index contributed by atoms with van der Waals surface area (Å²) in [5.74, 6) is 0.585. The van der Waals surface area contributed by atoms with Crippen LogP contribution in [0.1, 0.15) is 35.8 Å². The van der Waals surface area contributed by atoms with E-state index in [4.69, 9.17) is 4.74 Å². The number of carbonyl (C=O) groups is 2. The molecule has 8 heteroatoms. The number of nitrogens with zero attached hydrogens (tertiary/aromatic N) is 2. The Morgan fingerprint density at radius 1 is 1.24 bits per heavy atom. The van der Waals surface area contributed by atoms with E-state index >= 15 is 0 Å². The van der Waals surface area contributed by atoms with Crippen molar-refractivity contribution in [1.82, 2.24) is 25.8 Å². The fraction of sp³-hybridized carbons (Fsp3) is 0.333. The van der Waals surface area contributed by atoms with Crippen LogP contribution in [0.2, 0.25) is 0 Å². The van der Waals surface area contributed by atoms with Crippen LogP contribution in [-0.4, -0.2) is 39.6 Å². The molecule has 150 valence electrons. The van der Waals surface area contributed by atoms with E-state index in [1.165, 1.54) is 12.8 Å². The van der Waals surface area contributed by atoms with Gasteiger partial charge in [0.1, 0.15) is 6.04 Å². The maximum absolute atomic E-state index is 12.5. The fourth-order valence-electron chi connectivity index (χ4n) is 2.90. The van der Waals surface area contributed by atoms with Crippen molar-refractivity contribution >= 4 is 22.7 Å². The lowest BCUT2D eigenvalue weighted by atomic mass is 10.2. The molecule has 2 heterocycles. The Hall–Kier alpha value is -3.42. The number of amides is 2. The first kappa shape index (κ1) is 18.9. The molecule has 2 aromatic heterocycles. The van der Waals surface area contributed by atoms with Gasteiger partial charge >= 0.3 is 0 Å². The number of para-hydroxylation sites is 1. The van der Waals surface area contributed by atoms with E-state index in [0.717, 1.165) is 11.1 Å². The zero-order valence-electron chi connectivity index (χ0n) is 16.1. The van der Waals surface area contributed by atoms with Gasteiger partial charge in [0.05, 0.1) is 12.1 Å². The number of hydrogen-bond donors (Lipinski definition) is 3. The molecule has 0 spiro atoms. The molecule has 1 aromatic carbocycles. The summed E-state index contributed by atoms with van der Waals surface area (Å²) in [5, 5.41) is 13.1. The van der Waals surface area contributed by atoms with Crippen LogP contribution in [0, 0.1) is 5.92 Å². The van der Waals surface area contributed by atoms with Gasteiger partial charge in [-0.3, -0.25) is 14.7 Å². The number of aromatic amines is 1. The molecule has 0 radical (unpaired) electrons. The van der Waals surface area contributed by atoms with Crippen LogP contribution in [0.3, 0.4) is 0 Å². The van der Waals surface area contributed by atoms with Crippen molar-refractivity contribution in [2.75, 3.05) is 6.61 Å². The molecule has 1 aliphatic carbocycles. The van der Waals surface area contributed by atoms with Crippen molar-refractivity contribution in [2.24, 2.45) is 5.92 Å². The highest BCUT2D eigenvalue weighted by atomic mass is 16.5. The summed E-state index contributed by atoms with van der Waals surface area (Å²) < 4.78 is 5.60. The highest BCUT2D eigenvalue weighted by Gasteiger charge is 2.22. The number of hydrogen-bond acceptors (Lipinski definition) is 5. The van der Waals surface area contributed by atoms with Crippen molar-refractivity contribution in [1.29, 1.82) is 0 Å². The number of nitrogens with one attached hydrogen (secondary N) is 3. The first-order chi connectivity index (χ1) is 14.1. The fourth-order valence-corrected chi connectivity index (χ4v) is 2.90. The molecule has 0 bridgehead atoms. The van der Waals surface area contributed by atoms with Crippen LogP contribution in [-0.2, 0) is 11.3 Å². The van der Waals surface area contributed by atoms with Gasteiger partial charge in [-0.1, -0.05) is 24.3 Å². The van der Waals surface area contributed by atoms with Crippen LogP contribution in [0.15, 0.2) is 42.6 Å². The maximum Gasteiger partial charge on any atom is 0.273 e. The van der Waals surface area contributed by atoms with E-state index in [-0.39, 0.29) is 11.6 Å². The van der Waals surface area contributed by atoms with Gasteiger partial charge < -0.3 is 15.4 Å². The molecule has 0 saturated heterocycles. The van der Waals surface area contributed by atoms with Crippen molar-refractivity contribution in [2.45, 2.75) is 32.4 Å². The molecule has 3 aromatic rings. The number of pyridine rings is 1. The van der Waals surface area contributed by atoms with Crippen molar-refractivity contribution in [3.8, 4) is 5.88 Å². The quantitative estimate of drug-likeness (QED) is 0.543.